The van der Waals surface area contributed by atoms with E-state index in [1.807, 2.05) is 32.0 Å². The minimum absolute atomic E-state index is 0.0893. The summed E-state index contributed by atoms with van der Waals surface area (Å²) in [6, 6.07) is 5.72. The molecule has 0 spiro atoms. The molecule has 0 aliphatic heterocycles. The summed E-state index contributed by atoms with van der Waals surface area (Å²) in [4.78, 5) is 0. The highest BCUT2D eigenvalue weighted by molar-refractivity contribution is 5.36. The smallest absolute Gasteiger partial charge is 0.411 e. The molecule has 0 amide bonds. The van der Waals surface area contributed by atoms with Gasteiger partial charge < -0.3 is 14.8 Å². The van der Waals surface area contributed by atoms with E-state index in [-0.39, 0.29) is 13.2 Å². The van der Waals surface area contributed by atoms with Gasteiger partial charge in [0.2, 0.25) is 0 Å². The van der Waals surface area contributed by atoms with Crippen LogP contribution < -0.4 is 10.1 Å². The van der Waals surface area contributed by atoms with Crippen molar-refractivity contribution < 1.29 is 22.6 Å². The van der Waals surface area contributed by atoms with Gasteiger partial charge in [-0.05, 0) is 19.5 Å². The maximum absolute atomic E-state index is 11.9. The molecule has 1 N–H and O–H groups in total. The SMILES string of the molecule is CCNCc1cc(C)ccc1OCCOCC(F)(F)F. The van der Waals surface area contributed by atoms with E-state index in [0.29, 0.717) is 12.3 Å². The average molecular weight is 291 g/mol. The van der Waals surface area contributed by atoms with Gasteiger partial charge in [0.05, 0.1) is 6.61 Å². The molecule has 1 aromatic rings. The van der Waals surface area contributed by atoms with Gasteiger partial charge in [0.1, 0.15) is 19.0 Å². The molecule has 0 atom stereocenters. The van der Waals surface area contributed by atoms with Crippen molar-refractivity contribution in [3.8, 4) is 5.75 Å². The summed E-state index contributed by atoms with van der Waals surface area (Å²) in [7, 11) is 0. The van der Waals surface area contributed by atoms with Crippen LogP contribution in [0.4, 0.5) is 13.2 Å². The first kappa shape index (κ1) is 16.8. The standard InChI is InChI=1S/C14H20F3NO2/c1-3-18-9-12-8-11(2)4-5-13(12)20-7-6-19-10-14(15,16)17/h4-5,8,18H,3,6-7,9-10H2,1-2H3. The molecule has 6 heteroatoms. The molecule has 0 unspecified atom stereocenters. The van der Waals surface area contributed by atoms with E-state index in [9.17, 15) is 13.2 Å². The molecular weight excluding hydrogens is 271 g/mol. The van der Waals surface area contributed by atoms with Gasteiger partial charge in [-0.25, -0.2) is 0 Å². The fourth-order valence-corrected chi connectivity index (χ4v) is 1.65. The van der Waals surface area contributed by atoms with Crippen molar-refractivity contribution in [2.45, 2.75) is 26.6 Å². The molecule has 0 radical (unpaired) electrons. The van der Waals surface area contributed by atoms with E-state index >= 15 is 0 Å². The van der Waals surface area contributed by atoms with Crippen molar-refractivity contribution >= 4 is 0 Å². The average Bonchev–Trinajstić information content (AvgIpc) is 2.36. The first-order valence-electron chi connectivity index (χ1n) is 6.50. The van der Waals surface area contributed by atoms with Gasteiger partial charge in [0, 0.05) is 12.1 Å². The number of ether oxygens (including phenoxy) is 2. The van der Waals surface area contributed by atoms with Gasteiger partial charge >= 0.3 is 6.18 Å². The van der Waals surface area contributed by atoms with Gasteiger partial charge in [-0.2, -0.15) is 13.2 Å². The molecule has 0 aromatic heterocycles. The molecular formula is C14H20F3NO2. The number of alkyl halides is 3. The summed E-state index contributed by atoms with van der Waals surface area (Å²) >= 11 is 0. The number of nitrogens with one attached hydrogen (secondary N) is 1. The van der Waals surface area contributed by atoms with Crippen LogP contribution in [0.2, 0.25) is 0 Å². The summed E-state index contributed by atoms with van der Waals surface area (Å²) in [6.07, 6.45) is -4.29. The lowest BCUT2D eigenvalue weighted by Crippen LogP contribution is -2.20. The second-order valence-electron chi connectivity index (χ2n) is 4.41. The summed E-state index contributed by atoms with van der Waals surface area (Å²) < 4.78 is 45.6. The van der Waals surface area contributed by atoms with Crippen molar-refractivity contribution in [3.63, 3.8) is 0 Å². The van der Waals surface area contributed by atoms with Crippen LogP contribution in [0.25, 0.3) is 0 Å². The molecule has 0 aliphatic rings. The summed E-state index contributed by atoms with van der Waals surface area (Å²) in [6.45, 7) is 4.24. The van der Waals surface area contributed by atoms with Crippen LogP contribution in [-0.2, 0) is 11.3 Å². The lowest BCUT2D eigenvalue weighted by Gasteiger charge is -2.13. The summed E-state index contributed by atoms with van der Waals surface area (Å²) in [5.74, 6) is 0.673. The van der Waals surface area contributed by atoms with Crippen LogP contribution in [0, 0.1) is 6.92 Å². The Morgan fingerprint density at radius 3 is 2.60 bits per heavy atom. The highest BCUT2D eigenvalue weighted by Crippen LogP contribution is 2.20. The summed E-state index contributed by atoms with van der Waals surface area (Å²) in [5.41, 5.74) is 2.10. The molecule has 0 fully saturated rings. The Balaban J connectivity index is 2.42. The van der Waals surface area contributed by atoms with E-state index in [4.69, 9.17) is 4.74 Å². The lowest BCUT2D eigenvalue weighted by molar-refractivity contribution is -0.175. The van der Waals surface area contributed by atoms with E-state index in [2.05, 4.69) is 10.1 Å². The van der Waals surface area contributed by atoms with Crippen molar-refractivity contribution in [1.29, 1.82) is 0 Å². The molecule has 0 saturated carbocycles. The minimum Gasteiger partial charge on any atom is -0.491 e. The molecule has 1 aromatic carbocycles. The number of aryl methyl sites for hydroxylation is 1. The Bertz CT molecular complexity index is 408. The molecule has 1 rings (SSSR count). The van der Waals surface area contributed by atoms with Crippen LogP contribution in [0.3, 0.4) is 0 Å². The second-order valence-corrected chi connectivity index (χ2v) is 4.41. The fourth-order valence-electron chi connectivity index (χ4n) is 1.65. The molecule has 0 bridgehead atoms. The first-order valence-corrected chi connectivity index (χ1v) is 6.50. The Labute approximate surface area is 117 Å². The maximum Gasteiger partial charge on any atom is 0.411 e. The number of hydrogen-bond donors (Lipinski definition) is 1. The minimum atomic E-state index is -4.29. The first-order chi connectivity index (χ1) is 9.42. The normalized spacial score (nSPS) is 11.7. The third-order valence-corrected chi connectivity index (χ3v) is 2.53. The Hall–Kier alpha value is -1.27. The van der Waals surface area contributed by atoms with Crippen molar-refractivity contribution in [1.82, 2.24) is 5.32 Å². The number of rotatable bonds is 8. The van der Waals surface area contributed by atoms with E-state index in [0.717, 1.165) is 17.7 Å². The summed E-state index contributed by atoms with van der Waals surface area (Å²) in [5, 5.41) is 3.19. The maximum atomic E-state index is 11.9. The number of benzene rings is 1. The quantitative estimate of drug-likeness (QED) is 0.747. The van der Waals surface area contributed by atoms with Gasteiger partial charge in [0.25, 0.3) is 0 Å². The van der Waals surface area contributed by atoms with Gasteiger partial charge in [0.15, 0.2) is 0 Å². The van der Waals surface area contributed by atoms with E-state index in [1.54, 1.807) is 0 Å². The topological polar surface area (TPSA) is 30.5 Å². The Morgan fingerprint density at radius 2 is 1.95 bits per heavy atom. The van der Waals surface area contributed by atoms with Gasteiger partial charge in [-0.15, -0.1) is 0 Å². The van der Waals surface area contributed by atoms with Gasteiger partial charge in [-0.1, -0.05) is 24.6 Å². The predicted octanol–water partition coefficient (Wildman–Crippen LogP) is 3.06. The Morgan fingerprint density at radius 1 is 1.20 bits per heavy atom. The highest BCUT2D eigenvalue weighted by Gasteiger charge is 2.27. The molecule has 114 valence electrons. The molecule has 0 heterocycles. The highest BCUT2D eigenvalue weighted by atomic mass is 19.4. The second kappa shape index (κ2) is 8.11. The van der Waals surface area contributed by atoms with Crippen LogP contribution >= 0.6 is 0 Å². The molecule has 0 saturated heterocycles. The van der Waals surface area contributed by atoms with Crippen LogP contribution in [0.15, 0.2) is 18.2 Å². The fraction of sp³-hybridized carbons (Fsp3) is 0.571. The molecule has 3 nitrogen and oxygen atoms in total. The number of halogens is 3. The van der Waals surface area contributed by atoms with Crippen LogP contribution in [-0.4, -0.2) is 32.5 Å². The largest absolute Gasteiger partial charge is 0.491 e. The molecule has 0 aliphatic carbocycles. The predicted molar refractivity (Wildman–Crippen MR) is 70.9 cm³/mol. The number of hydrogen-bond acceptors (Lipinski definition) is 3. The van der Waals surface area contributed by atoms with E-state index < -0.39 is 12.8 Å². The van der Waals surface area contributed by atoms with Crippen LogP contribution in [0.1, 0.15) is 18.1 Å². The zero-order valence-corrected chi connectivity index (χ0v) is 11.7. The third kappa shape index (κ3) is 6.77. The van der Waals surface area contributed by atoms with Gasteiger partial charge in [-0.3, -0.25) is 0 Å². The third-order valence-electron chi connectivity index (χ3n) is 2.53. The van der Waals surface area contributed by atoms with Crippen molar-refractivity contribution in [3.05, 3.63) is 29.3 Å². The zero-order valence-electron chi connectivity index (χ0n) is 11.7. The monoisotopic (exact) mass is 291 g/mol. The lowest BCUT2D eigenvalue weighted by atomic mass is 10.1. The van der Waals surface area contributed by atoms with E-state index in [1.165, 1.54) is 0 Å². The molecule has 20 heavy (non-hydrogen) atoms. The van der Waals surface area contributed by atoms with Crippen LogP contribution in [0.5, 0.6) is 5.75 Å². The van der Waals surface area contributed by atoms with Crippen molar-refractivity contribution in [2.24, 2.45) is 0 Å². The Kier molecular flexibility index (Phi) is 6.81. The zero-order chi connectivity index (χ0) is 15.0. The van der Waals surface area contributed by atoms with Crippen molar-refractivity contribution in [2.75, 3.05) is 26.4 Å².